The zero-order valence-corrected chi connectivity index (χ0v) is 39.7. The summed E-state index contributed by atoms with van der Waals surface area (Å²) in [5.74, 6) is 1.76. The van der Waals surface area contributed by atoms with Crippen LogP contribution in [0.1, 0.15) is 44.5 Å². The SMILES string of the molecule is c1ccc2c(c1)Oc1ccccc1C21c2ccccc2-c2ccc(N(c3ccc(-c4ccc5c(c4)oc4ccccc45)cc3)c3ccc4c(c3)-c3ccccc3C43c4ccccc4Sc4ccccc43)cc21. The molecule has 0 N–H and O–H groups in total. The van der Waals surface area contributed by atoms with Crippen molar-refractivity contribution in [2.24, 2.45) is 0 Å². The summed E-state index contributed by atoms with van der Waals surface area (Å²) in [5, 5.41) is 2.26. The summed E-state index contributed by atoms with van der Waals surface area (Å²) in [6.45, 7) is 0. The lowest BCUT2D eigenvalue weighted by Crippen LogP contribution is -2.32. The van der Waals surface area contributed by atoms with E-state index in [-0.39, 0.29) is 0 Å². The highest BCUT2D eigenvalue weighted by molar-refractivity contribution is 7.99. The van der Waals surface area contributed by atoms with Gasteiger partial charge in [-0.15, -0.1) is 0 Å². The molecule has 72 heavy (non-hydrogen) atoms. The Hall–Kier alpha value is -8.83. The zero-order valence-electron chi connectivity index (χ0n) is 38.8. The van der Waals surface area contributed by atoms with Crippen molar-refractivity contribution in [3.63, 3.8) is 0 Å². The fourth-order valence-corrected chi connectivity index (χ4v) is 14.3. The number of hydrogen-bond donors (Lipinski definition) is 0. The highest BCUT2D eigenvalue weighted by Crippen LogP contribution is 2.65. The summed E-state index contributed by atoms with van der Waals surface area (Å²) in [6, 6.07) is 91.7. The van der Waals surface area contributed by atoms with Crippen LogP contribution in [0.5, 0.6) is 11.5 Å². The molecule has 4 heteroatoms. The Morgan fingerprint density at radius 1 is 0.306 bits per heavy atom. The number of nitrogens with zero attached hydrogens (tertiary/aromatic N) is 1. The lowest BCUT2D eigenvalue weighted by atomic mass is 9.66. The number of para-hydroxylation sites is 3. The molecule has 16 rings (SSSR count). The van der Waals surface area contributed by atoms with Gasteiger partial charge in [0.1, 0.15) is 22.7 Å². The Kier molecular flexibility index (Phi) is 8.24. The van der Waals surface area contributed by atoms with E-state index in [1.807, 2.05) is 23.9 Å². The van der Waals surface area contributed by atoms with Crippen LogP contribution in [0, 0.1) is 0 Å². The lowest BCUT2D eigenvalue weighted by molar-refractivity contribution is 0.436. The second-order valence-corrected chi connectivity index (χ2v) is 20.5. The average molecular weight is 936 g/mol. The van der Waals surface area contributed by atoms with Crippen LogP contribution < -0.4 is 9.64 Å². The summed E-state index contributed by atoms with van der Waals surface area (Å²) < 4.78 is 13.1. The molecular weight excluding hydrogens is 895 g/mol. The Morgan fingerprint density at radius 2 is 0.792 bits per heavy atom. The van der Waals surface area contributed by atoms with Gasteiger partial charge in [-0.25, -0.2) is 0 Å². The van der Waals surface area contributed by atoms with Gasteiger partial charge in [-0.05, 0) is 146 Å². The van der Waals surface area contributed by atoms with Crippen molar-refractivity contribution in [2.45, 2.75) is 20.6 Å². The van der Waals surface area contributed by atoms with E-state index >= 15 is 0 Å². The van der Waals surface area contributed by atoms with E-state index in [9.17, 15) is 0 Å². The van der Waals surface area contributed by atoms with E-state index in [4.69, 9.17) is 9.15 Å². The molecule has 3 heterocycles. The maximum atomic E-state index is 6.74. The first-order valence-corrected chi connectivity index (χ1v) is 25.5. The third-order valence-electron chi connectivity index (χ3n) is 16.0. The Morgan fingerprint density at radius 3 is 1.50 bits per heavy atom. The molecule has 12 aromatic rings. The second kappa shape index (κ2) is 14.8. The number of ether oxygens (including phenoxy) is 1. The minimum absolute atomic E-state index is 0.466. The zero-order chi connectivity index (χ0) is 47.1. The topological polar surface area (TPSA) is 25.6 Å². The Bertz CT molecular complexity index is 4170. The molecule has 2 spiro atoms. The van der Waals surface area contributed by atoms with Gasteiger partial charge in [0.15, 0.2) is 0 Å². The molecule has 2 aliphatic carbocycles. The van der Waals surface area contributed by atoms with Crippen LogP contribution in [0.15, 0.2) is 263 Å². The number of fused-ring (bicyclic) bond motifs is 21. The predicted molar refractivity (Wildman–Crippen MR) is 293 cm³/mol. The first kappa shape index (κ1) is 40.0. The van der Waals surface area contributed by atoms with Crippen LogP contribution in [-0.2, 0) is 10.8 Å². The fourth-order valence-electron chi connectivity index (χ4n) is 13.1. The van der Waals surface area contributed by atoms with Crippen LogP contribution in [0.2, 0.25) is 0 Å². The van der Waals surface area contributed by atoms with Crippen LogP contribution in [-0.4, -0.2) is 0 Å². The highest BCUT2D eigenvalue weighted by atomic mass is 32.2. The molecule has 0 radical (unpaired) electrons. The molecular formula is C68H41NO2S. The molecule has 4 aliphatic rings. The summed E-state index contributed by atoms with van der Waals surface area (Å²) in [7, 11) is 0. The maximum absolute atomic E-state index is 6.74. The quantitative estimate of drug-likeness (QED) is 0.176. The third-order valence-corrected chi connectivity index (χ3v) is 17.2. The van der Waals surface area contributed by atoms with E-state index in [0.717, 1.165) is 72.8 Å². The standard InChI is InChI=1S/C68H41NO2S/c1-4-18-53-47(15-1)49-37-34-46(41-60(49)68(53)56-20-6-11-25-62(56)71-63-26-12-7-21-57(63)68)69(44-32-29-42(30-33-44)43-31-36-51-50-17-3-10-24-61(50)70-64(51)39-43)45-35-38-55-52(40-45)48-16-2-5-19-54(48)67(55)58-22-8-13-27-65(58)72-66-28-14-9-23-59(66)67/h1-41H. The molecule has 2 aliphatic heterocycles. The minimum Gasteiger partial charge on any atom is -0.457 e. The summed E-state index contributed by atoms with van der Waals surface area (Å²) >= 11 is 1.88. The fraction of sp³-hybridized carbons (Fsp3) is 0.0294. The van der Waals surface area contributed by atoms with Crippen LogP contribution in [0.4, 0.5) is 17.1 Å². The van der Waals surface area contributed by atoms with Gasteiger partial charge in [0, 0.05) is 48.8 Å². The molecule has 11 aromatic carbocycles. The van der Waals surface area contributed by atoms with Crippen LogP contribution >= 0.6 is 11.8 Å². The lowest BCUT2D eigenvalue weighted by Gasteiger charge is -2.40. The van der Waals surface area contributed by atoms with Gasteiger partial charge in [-0.2, -0.15) is 0 Å². The van der Waals surface area contributed by atoms with Crippen molar-refractivity contribution >= 4 is 50.8 Å². The van der Waals surface area contributed by atoms with Crippen molar-refractivity contribution in [1.29, 1.82) is 0 Å². The van der Waals surface area contributed by atoms with Gasteiger partial charge in [0.25, 0.3) is 0 Å². The van der Waals surface area contributed by atoms with E-state index in [2.05, 4.69) is 241 Å². The number of anilines is 3. The molecule has 0 saturated carbocycles. The van der Waals surface area contributed by atoms with Crippen molar-refractivity contribution in [3.8, 4) is 44.9 Å². The summed E-state index contributed by atoms with van der Waals surface area (Å²) in [6.07, 6.45) is 0. The molecule has 0 unspecified atom stereocenters. The summed E-state index contributed by atoms with van der Waals surface area (Å²) in [4.78, 5) is 5.06. The normalized spacial score (nSPS) is 14.4. The summed E-state index contributed by atoms with van der Waals surface area (Å²) in [5.41, 5.74) is 21.3. The molecule has 0 saturated heterocycles. The monoisotopic (exact) mass is 935 g/mol. The molecule has 1 aromatic heterocycles. The second-order valence-electron chi connectivity index (χ2n) is 19.4. The third kappa shape index (κ3) is 5.26. The minimum atomic E-state index is -0.610. The van der Waals surface area contributed by atoms with Crippen molar-refractivity contribution in [2.75, 3.05) is 4.90 Å². The largest absolute Gasteiger partial charge is 0.457 e. The van der Waals surface area contributed by atoms with Gasteiger partial charge < -0.3 is 14.1 Å². The van der Waals surface area contributed by atoms with E-state index in [1.165, 1.54) is 65.4 Å². The molecule has 0 bridgehead atoms. The van der Waals surface area contributed by atoms with Gasteiger partial charge in [-0.1, -0.05) is 182 Å². The van der Waals surface area contributed by atoms with Gasteiger partial charge >= 0.3 is 0 Å². The van der Waals surface area contributed by atoms with Gasteiger partial charge in [0.05, 0.1) is 10.8 Å². The van der Waals surface area contributed by atoms with E-state index in [0.29, 0.717) is 0 Å². The number of rotatable bonds is 4. The first-order valence-electron chi connectivity index (χ1n) is 24.7. The number of hydrogen-bond acceptors (Lipinski definition) is 4. The number of furan rings is 1. The molecule has 0 atom stereocenters. The smallest absolute Gasteiger partial charge is 0.136 e. The van der Waals surface area contributed by atoms with Crippen molar-refractivity contribution < 1.29 is 9.15 Å². The molecule has 0 fully saturated rings. The number of benzene rings is 11. The van der Waals surface area contributed by atoms with Crippen molar-refractivity contribution in [1.82, 2.24) is 0 Å². The molecule has 3 nitrogen and oxygen atoms in total. The maximum Gasteiger partial charge on any atom is 0.136 e. The first-order chi connectivity index (χ1) is 35.7. The Balaban J connectivity index is 0.926. The van der Waals surface area contributed by atoms with E-state index in [1.54, 1.807) is 0 Å². The molecule has 336 valence electrons. The van der Waals surface area contributed by atoms with Gasteiger partial charge in [0.2, 0.25) is 0 Å². The van der Waals surface area contributed by atoms with Crippen molar-refractivity contribution in [3.05, 3.63) is 293 Å². The van der Waals surface area contributed by atoms with Gasteiger partial charge in [-0.3, -0.25) is 0 Å². The Labute approximate surface area is 421 Å². The van der Waals surface area contributed by atoms with Crippen LogP contribution in [0.3, 0.4) is 0 Å². The van der Waals surface area contributed by atoms with Crippen LogP contribution in [0.25, 0.3) is 55.3 Å². The van der Waals surface area contributed by atoms with E-state index < -0.39 is 10.8 Å². The predicted octanol–water partition coefficient (Wildman–Crippen LogP) is 18.0. The highest BCUT2D eigenvalue weighted by Gasteiger charge is 2.52. The average Bonchev–Trinajstić information content (AvgIpc) is 4.06. The molecule has 0 amide bonds.